The molecule has 1 saturated heterocycles. The number of benzene rings is 2. The molecule has 0 amide bonds. The molecule has 2 aromatic rings. The number of ether oxygens (including phenoxy) is 1. The van der Waals surface area contributed by atoms with Crippen molar-refractivity contribution in [3.63, 3.8) is 0 Å². The molecule has 5 nitrogen and oxygen atoms in total. The molecule has 0 bridgehead atoms. The largest absolute Gasteiger partial charge is 0.378 e. The molecule has 2 aromatic carbocycles. The van der Waals surface area contributed by atoms with Gasteiger partial charge >= 0.3 is 0 Å². The van der Waals surface area contributed by atoms with E-state index in [-0.39, 0.29) is 0 Å². The maximum atomic E-state index is 11.3. The minimum absolute atomic E-state index is 0.454. The second-order valence-electron chi connectivity index (χ2n) is 5.58. The van der Waals surface area contributed by atoms with Crippen molar-refractivity contribution in [2.75, 3.05) is 26.3 Å². The number of nitrogens with zero attached hydrogens (tertiary/aromatic N) is 1. The highest BCUT2D eigenvalue weighted by Crippen LogP contribution is 2.31. The normalized spacial score (nSPS) is 17.9. The van der Waals surface area contributed by atoms with Crippen molar-refractivity contribution < 1.29 is 9.53 Å². The standard InChI is InChI=1S/C18H17N3O2/c22-12-16-18(21-8-10-23-11-9-21)17(20-19-16)15-7-3-5-13-4-1-2-6-14(13)15/h1-7,19-20H,8-11H2. The molecule has 0 saturated carbocycles. The first-order valence-electron chi connectivity index (χ1n) is 7.71. The van der Waals surface area contributed by atoms with Crippen molar-refractivity contribution in [1.82, 2.24) is 15.8 Å². The Morgan fingerprint density at radius 3 is 2.61 bits per heavy atom. The van der Waals surface area contributed by atoms with E-state index in [2.05, 4.69) is 40.0 Å². The van der Waals surface area contributed by atoms with Gasteiger partial charge in [0.1, 0.15) is 0 Å². The highest BCUT2D eigenvalue weighted by molar-refractivity contribution is 5.95. The highest BCUT2D eigenvalue weighted by atomic mass is 16.5. The van der Waals surface area contributed by atoms with Crippen LogP contribution in [0.15, 0.2) is 53.9 Å². The number of morpholine rings is 1. The molecule has 4 rings (SSSR count). The molecular weight excluding hydrogens is 290 g/mol. The quantitative estimate of drug-likeness (QED) is 0.827. The van der Waals surface area contributed by atoms with E-state index < -0.39 is 0 Å². The van der Waals surface area contributed by atoms with E-state index >= 15 is 0 Å². The van der Waals surface area contributed by atoms with Crippen LogP contribution in [0.3, 0.4) is 0 Å². The Morgan fingerprint density at radius 2 is 1.78 bits per heavy atom. The smallest absolute Gasteiger partial charge is 0.164 e. The minimum atomic E-state index is 0.454. The van der Waals surface area contributed by atoms with Crippen molar-refractivity contribution in [1.29, 1.82) is 0 Å². The predicted octanol–water partition coefficient (Wildman–Crippen LogP) is 1.66. The Bertz CT molecular complexity index is 826. The zero-order valence-electron chi connectivity index (χ0n) is 12.6. The van der Waals surface area contributed by atoms with Crippen LogP contribution in [0, 0.1) is 0 Å². The van der Waals surface area contributed by atoms with E-state index in [0.29, 0.717) is 18.9 Å². The van der Waals surface area contributed by atoms with Gasteiger partial charge in [-0.1, -0.05) is 42.5 Å². The van der Waals surface area contributed by atoms with Crippen LogP contribution >= 0.6 is 0 Å². The minimum Gasteiger partial charge on any atom is -0.378 e. The van der Waals surface area contributed by atoms with Crippen LogP contribution in [0.2, 0.25) is 0 Å². The van der Waals surface area contributed by atoms with E-state index in [1.807, 2.05) is 24.1 Å². The van der Waals surface area contributed by atoms with Gasteiger partial charge < -0.3 is 9.64 Å². The fourth-order valence-electron chi connectivity index (χ4n) is 3.18. The fraction of sp³-hybridized carbons (Fsp3) is 0.222. The van der Waals surface area contributed by atoms with Gasteiger partial charge in [0, 0.05) is 18.7 Å². The van der Waals surface area contributed by atoms with Gasteiger partial charge in [-0.05, 0) is 10.8 Å². The van der Waals surface area contributed by atoms with E-state index in [9.17, 15) is 4.79 Å². The topological polar surface area (TPSA) is 53.6 Å². The van der Waals surface area contributed by atoms with Crippen molar-refractivity contribution in [3.8, 4) is 0 Å². The fourth-order valence-corrected chi connectivity index (χ4v) is 3.18. The average Bonchev–Trinajstić information content (AvgIpc) is 3.06. The monoisotopic (exact) mass is 307 g/mol. The van der Waals surface area contributed by atoms with Gasteiger partial charge in [0.15, 0.2) is 11.6 Å². The SMILES string of the molecule is O=C=C1NNC(c2cccc3ccccc23)=C1N1CCOCC1. The third-order valence-electron chi connectivity index (χ3n) is 4.27. The van der Waals surface area contributed by atoms with E-state index in [1.165, 1.54) is 5.39 Å². The highest BCUT2D eigenvalue weighted by Gasteiger charge is 2.28. The Morgan fingerprint density at radius 1 is 1.00 bits per heavy atom. The molecule has 0 radical (unpaired) electrons. The number of nitrogens with one attached hydrogen (secondary N) is 2. The maximum Gasteiger partial charge on any atom is 0.164 e. The first-order valence-corrected chi connectivity index (χ1v) is 7.71. The van der Waals surface area contributed by atoms with Gasteiger partial charge in [-0.15, -0.1) is 0 Å². The Hall–Kier alpha value is -2.75. The van der Waals surface area contributed by atoms with Crippen LogP contribution < -0.4 is 10.9 Å². The van der Waals surface area contributed by atoms with Gasteiger partial charge in [-0.3, -0.25) is 10.9 Å². The summed E-state index contributed by atoms with van der Waals surface area (Å²) >= 11 is 0. The predicted molar refractivity (Wildman–Crippen MR) is 88.7 cm³/mol. The lowest BCUT2D eigenvalue weighted by atomic mass is 10.0. The summed E-state index contributed by atoms with van der Waals surface area (Å²) in [6.45, 7) is 2.85. The van der Waals surface area contributed by atoms with Crippen LogP contribution in [-0.2, 0) is 9.53 Å². The first-order chi connectivity index (χ1) is 11.4. The average molecular weight is 307 g/mol. The number of hydrogen-bond acceptors (Lipinski definition) is 5. The summed E-state index contributed by atoms with van der Waals surface area (Å²) in [7, 11) is 0. The Labute approximate surface area is 134 Å². The van der Waals surface area contributed by atoms with Gasteiger partial charge in [0.2, 0.25) is 0 Å². The van der Waals surface area contributed by atoms with E-state index in [4.69, 9.17) is 4.74 Å². The van der Waals surface area contributed by atoms with Crippen molar-refractivity contribution in [2.24, 2.45) is 0 Å². The molecule has 5 heteroatoms. The summed E-state index contributed by atoms with van der Waals surface area (Å²) in [5, 5.41) is 2.32. The summed E-state index contributed by atoms with van der Waals surface area (Å²) in [4.78, 5) is 13.5. The lowest BCUT2D eigenvalue weighted by molar-refractivity contribution is 0.0552. The zero-order chi connectivity index (χ0) is 15.6. The van der Waals surface area contributed by atoms with Crippen LogP contribution in [-0.4, -0.2) is 37.1 Å². The first kappa shape index (κ1) is 13.9. The maximum absolute atomic E-state index is 11.3. The number of carbonyl (C=O) groups excluding carboxylic acids is 1. The summed E-state index contributed by atoms with van der Waals surface area (Å²) in [6, 6.07) is 14.4. The number of fused-ring (bicyclic) bond motifs is 1. The molecule has 23 heavy (non-hydrogen) atoms. The molecule has 2 N–H and O–H groups in total. The number of rotatable bonds is 2. The molecule has 1 fully saturated rings. The summed E-state index contributed by atoms with van der Waals surface area (Å²) in [5.41, 5.74) is 9.43. The third kappa shape index (κ3) is 2.36. The molecule has 0 spiro atoms. The molecule has 0 aromatic heterocycles. The Kier molecular flexibility index (Phi) is 3.50. The number of hydrazine groups is 1. The molecule has 0 aliphatic carbocycles. The van der Waals surface area contributed by atoms with Crippen LogP contribution in [0.25, 0.3) is 16.5 Å². The summed E-state index contributed by atoms with van der Waals surface area (Å²) < 4.78 is 5.43. The van der Waals surface area contributed by atoms with Gasteiger partial charge in [0.25, 0.3) is 0 Å². The second kappa shape index (κ2) is 5.80. The van der Waals surface area contributed by atoms with Gasteiger partial charge in [0.05, 0.1) is 24.6 Å². The third-order valence-corrected chi connectivity index (χ3v) is 4.27. The molecule has 116 valence electrons. The van der Waals surface area contributed by atoms with Crippen LogP contribution in [0.5, 0.6) is 0 Å². The summed E-state index contributed by atoms with van der Waals surface area (Å²) in [6.07, 6.45) is 0. The zero-order valence-corrected chi connectivity index (χ0v) is 12.6. The number of hydrogen-bond donors (Lipinski definition) is 2. The lowest BCUT2D eigenvalue weighted by Crippen LogP contribution is -2.36. The van der Waals surface area contributed by atoms with Gasteiger partial charge in [-0.25, -0.2) is 4.79 Å². The summed E-state index contributed by atoms with van der Waals surface area (Å²) in [5.74, 6) is 2.01. The molecular formula is C18H17N3O2. The molecule has 2 aliphatic heterocycles. The molecule has 0 unspecified atom stereocenters. The Balaban J connectivity index is 1.91. The van der Waals surface area contributed by atoms with Crippen LogP contribution in [0.4, 0.5) is 0 Å². The van der Waals surface area contributed by atoms with Crippen molar-refractivity contribution in [2.45, 2.75) is 0 Å². The second-order valence-corrected chi connectivity index (χ2v) is 5.58. The molecule has 2 aliphatic rings. The molecule has 0 atom stereocenters. The lowest BCUT2D eigenvalue weighted by Gasteiger charge is -2.29. The van der Waals surface area contributed by atoms with Gasteiger partial charge in [-0.2, -0.15) is 0 Å². The van der Waals surface area contributed by atoms with Crippen LogP contribution in [0.1, 0.15) is 5.56 Å². The van der Waals surface area contributed by atoms with E-state index in [0.717, 1.165) is 35.4 Å². The van der Waals surface area contributed by atoms with Crippen molar-refractivity contribution >= 4 is 22.4 Å². The molecule has 2 heterocycles. The van der Waals surface area contributed by atoms with E-state index in [1.54, 1.807) is 0 Å². The van der Waals surface area contributed by atoms with Crippen molar-refractivity contribution in [3.05, 3.63) is 59.4 Å².